The molecule has 0 unspecified atom stereocenters. The van der Waals surface area contributed by atoms with Crippen LogP contribution < -0.4 is 5.43 Å². The second-order valence-electron chi connectivity index (χ2n) is 5.79. The van der Waals surface area contributed by atoms with Crippen molar-refractivity contribution in [2.24, 2.45) is 0 Å². The highest BCUT2D eigenvalue weighted by Gasteiger charge is 2.12. The molecule has 0 fully saturated rings. The van der Waals surface area contributed by atoms with Crippen molar-refractivity contribution < 1.29 is 4.42 Å². The van der Waals surface area contributed by atoms with E-state index in [9.17, 15) is 4.79 Å². The van der Waals surface area contributed by atoms with Gasteiger partial charge in [0.2, 0.25) is 17.0 Å². The summed E-state index contributed by atoms with van der Waals surface area (Å²) in [6, 6.07) is 18.5. The smallest absolute Gasteiger partial charge is 0.231 e. The van der Waals surface area contributed by atoms with Gasteiger partial charge in [0.1, 0.15) is 5.58 Å². The van der Waals surface area contributed by atoms with Crippen molar-refractivity contribution in [1.29, 1.82) is 0 Å². The summed E-state index contributed by atoms with van der Waals surface area (Å²) in [6.45, 7) is 0. The number of hydrogen-bond acceptors (Lipinski definition) is 6. The SMILES string of the molecule is O=c1c2cc(-c3nn[nH]n3)ccc2oc2nc(-c3ccccc3)ccc12. The zero-order chi connectivity index (χ0) is 17.5. The van der Waals surface area contributed by atoms with Crippen LogP contribution in [0.3, 0.4) is 0 Å². The number of aromatic amines is 1. The van der Waals surface area contributed by atoms with Gasteiger partial charge in [0.15, 0.2) is 0 Å². The zero-order valence-corrected chi connectivity index (χ0v) is 13.4. The van der Waals surface area contributed by atoms with Gasteiger partial charge in [-0.05, 0) is 35.5 Å². The Labute approximate surface area is 146 Å². The molecule has 5 aromatic rings. The van der Waals surface area contributed by atoms with Crippen LogP contribution in [0.4, 0.5) is 0 Å². The monoisotopic (exact) mass is 341 g/mol. The van der Waals surface area contributed by atoms with Gasteiger partial charge in [0.25, 0.3) is 0 Å². The molecule has 0 spiro atoms. The Morgan fingerprint density at radius 2 is 1.77 bits per heavy atom. The first-order valence-electron chi connectivity index (χ1n) is 7.96. The minimum Gasteiger partial charge on any atom is -0.437 e. The molecule has 124 valence electrons. The molecule has 5 rings (SSSR count). The van der Waals surface area contributed by atoms with Crippen molar-refractivity contribution in [2.75, 3.05) is 0 Å². The van der Waals surface area contributed by atoms with Crippen molar-refractivity contribution >= 4 is 22.1 Å². The molecule has 26 heavy (non-hydrogen) atoms. The van der Waals surface area contributed by atoms with E-state index in [4.69, 9.17) is 4.42 Å². The number of aromatic nitrogens is 5. The minimum atomic E-state index is -0.140. The van der Waals surface area contributed by atoms with Crippen LogP contribution in [0.2, 0.25) is 0 Å². The van der Waals surface area contributed by atoms with E-state index in [1.165, 1.54) is 0 Å². The fraction of sp³-hybridized carbons (Fsp3) is 0. The number of pyridine rings is 1. The largest absolute Gasteiger partial charge is 0.437 e. The Morgan fingerprint density at radius 1 is 0.885 bits per heavy atom. The Balaban J connectivity index is 1.74. The molecule has 3 heterocycles. The predicted molar refractivity (Wildman–Crippen MR) is 96.4 cm³/mol. The van der Waals surface area contributed by atoms with Crippen LogP contribution in [0.15, 0.2) is 69.9 Å². The van der Waals surface area contributed by atoms with Gasteiger partial charge >= 0.3 is 0 Å². The van der Waals surface area contributed by atoms with Gasteiger partial charge in [0, 0.05) is 11.1 Å². The van der Waals surface area contributed by atoms with Crippen molar-refractivity contribution in [2.45, 2.75) is 0 Å². The first-order valence-corrected chi connectivity index (χ1v) is 7.96. The van der Waals surface area contributed by atoms with Gasteiger partial charge in [-0.2, -0.15) is 5.21 Å². The molecule has 0 aliphatic carbocycles. The average molecular weight is 341 g/mol. The minimum absolute atomic E-state index is 0.140. The number of benzene rings is 2. The molecular weight excluding hydrogens is 330 g/mol. The van der Waals surface area contributed by atoms with Crippen molar-refractivity contribution in [3.05, 3.63) is 70.9 Å². The summed E-state index contributed by atoms with van der Waals surface area (Å²) < 4.78 is 5.89. The first-order chi connectivity index (χ1) is 12.8. The molecule has 7 nitrogen and oxygen atoms in total. The lowest BCUT2D eigenvalue weighted by atomic mass is 10.1. The molecule has 0 aliphatic heterocycles. The molecule has 0 radical (unpaired) electrons. The van der Waals surface area contributed by atoms with Crippen LogP contribution >= 0.6 is 0 Å². The standard InChI is InChI=1S/C19H11N5O2/c25-17-13-7-8-15(11-4-2-1-3-5-11)20-19(13)26-16-9-6-12(10-14(16)17)18-21-23-24-22-18/h1-10H,(H,21,22,23,24). The van der Waals surface area contributed by atoms with E-state index in [0.29, 0.717) is 33.5 Å². The van der Waals surface area contributed by atoms with Gasteiger partial charge in [-0.25, -0.2) is 4.98 Å². The van der Waals surface area contributed by atoms with E-state index in [0.717, 1.165) is 11.3 Å². The third kappa shape index (κ3) is 2.26. The Bertz CT molecular complexity index is 1290. The van der Waals surface area contributed by atoms with Crippen molar-refractivity contribution in [3.8, 4) is 22.6 Å². The first kappa shape index (κ1) is 14.5. The van der Waals surface area contributed by atoms with Gasteiger partial charge < -0.3 is 4.42 Å². The highest BCUT2D eigenvalue weighted by atomic mass is 16.3. The average Bonchev–Trinajstić information content (AvgIpc) is 3.23. The van der Waals surface area contributed by atoms with Crippen LogP contribution in [0.25, 0.3) is 44.7 Å². The Kier molecular flexibility index (Phi) is 3.11. The summed E-state index contributed by atoms with van der Waals surface area (Å²) in [5.41, 5.74) is 3.04. The molecule has 0 bridgehead atoms. The predicted octanol–water partition coefficient (Wildman–Crippen LogP) is 3.19. The summed E-state index contributed by atoms with van der Waals surface area (Å²) in [5, 5.41) is 14.7. The molecule has 1 N–H and O–H groups in total. The molecule has 0 aliphatic rings. The molecule has 0 atom stereocenters. The molecule has 0 saturated carbocycles. The van der Waals surface area contributed by atoms with E-state index in [1.807, 2.05) is 36.4 Å². The van der Waals surface area contributed by atoms with E-state index in [1.54, 1.807) is 24.3 Å². The van der Waals surface area contributed by atoms with Crippen molar-refractivity contribution in [1.82, 2.24) is 25.6 Å². The van der Waals surface area contributed by atoms with Crippen LogP contribution in [0.1, 0.15) is 0 Å². The van der Waals surface area contributed by atoms with Gasteiger partial charge in [-0.3, -0.25) is 4.79 Å². The Morgan fingerprint density at radius 3 is 2.58 bits per heavy atom. The molecule has 0 saturated heterocycles. The van der Waals surface area contributed by atoms with Crippen molar-refractivity contribution in [3.63, 3.8) is 0 Å². The second-order valence-corrected chi connectivity index (χ2v) is 5.79. The third-order valence-corrected chi connectivity index (χ3v) is 4.21. The number of nitrogens with one attached hydrogen (secondary N) is 1. The molecule has 7 heteroatoms. The number of tetrazole rings is 1. The normalized spacial score (nSPS) is 11.2. The zero-order valence-electron chi connectivity index (χ0n) is 13.4. The summed E-state index contributed by atoms with van der Waals surface area (Å²) in [7, 11) is 0. The maximum Gasteiger partial charge on any atom is 0.231 e. The van der Waals surface area contributed by atoms with Gasteiger partial charge in [-0.15, -0.1) is 10.2 Å². The number of hydrogen-bond donors (Lipinski definition) is 1. The number of nitrogens with zero attached hydrogens (tertiary/aromatic N) is 4. The van der Waals surface area contributed by atoms with Crippen LogP contribution in [-0.2, 0) is 0 Å². The third-order valence-electron chi connectivity index (χ3n) is 4.21. The Hall–Kier alpha value is -3.87. The lowest BCUT2D eigenvalue weighted by Crippen LogP contribution is -2.03. The maximum absolute atomic E-state index is 12.9. The van der Waals surface area contributed by atoms with E-state index in [-0.39, 0.29) is 5.43 Å². The van der Waals surface area contributed by atoms with Crippen LogP contribution in [0, 0.1) is 0 Å². The van der Waals surface area contributed by atoms with E-state index < -0.39 is 0 Å². The maximum atomic E-state index is 12.9. The molecule has 0 amide bonds. The number of rotatable bonds is 2. The van der Waals surface area contributed by atoms with Crippen LogP contribution in [0.5, 0.6) is 0 Å². The quantitative estimate of drug-likeness (QED) is 0.495. The molecular formula is C19H11N5O2. The summed E-state index contributed by atoms with van der Waals surface area (Å²) in [5.74, 6) is 0.420. The fourth-order valence-electron chi connectivity index (χ4n) is 2.93. The highest BCUT2D eigenvalue weighted by Crippen LogP contribution is 2.24. The lowest BCUT2D eigenvalue weighted by Gasteiger charge is -2.05. The molecule has 2 aromatic carbocycles. The van der Waals surface area contributed by atoms with Gasteiger partial charge in [0.05, 0.1) is 16.5 Å². The van der Waals surface area contributed by atoms with Crippen LogP contribution in [-0.4, -0.2) is 25.6 Å². The summed E-state index contributed by atoms with van der Waals surface area (Å²) in [4.78, 5) is 17.4. The fourth-order valence-corrected chi connectivity index (χ4v) is 2.93. The number of fused-ring (bicyclic) bond motifs is 2. The molecule has 3 aromatic heterocycles. The summed E-state index contributed by atoms with van der Waals surface area (Å²) in [6.07, 6.45) is 0. The van der Waals surface area contributed by atoms with E-state index >= 15 is 0 Å². The second kappa shape index (κ2) is 5.59. The highest BCUT2D eigenvalue weighted by molar-refractivity contribution is 5.91. The summed E-state index contributed by atoms with van der Waals surface area (Å²) >= 11 is 0. The lowest BCUT2D eigenvalue weighted by molar-refractivity contribution is 0.645. The van der Waals surface area contributed by atoms with Gasteiger partial charge in [-0.1, -0.05) is 30.3 Å². The topological polar surface area (TPSA) is 97.6 Å². The van der Waals surface area contributed by atoms with E-state index in [2.05, 4.69) is 25.6 Å². The number of H-pyrrole nitrogens is 1.